The Hall–Kier alpha value is -2.29. The van der Waals surface area contributed by atoms with Gasteiger partial charge in [-0.15, -0.1) is 0 Å². The Morgan fingerprint density at radius 2 is 1.35 bits per heavy atom. The third-order valence-corrected chi connectivity index (χ3v) is 3.88. The van der Waals surface area contributed by atoms with Crippen molar-refractivity contribution in [2.75, 3.05) is 6.54 Å². The minimum Gasteiger partial charge on any atom is -0.457 e. The van der Waals surface area contributed by atoms with Crippen molar-refractivity contribution < 1.29 is 4.74 Å². The van der Waals surface area contributed by atoms with Crippen molar-refractivity contribution in [2.45, 2.75) is 5.92 Å². The molecule has 3 aromatic carbocycles. The van der Waals surface area contributed by atoms with E-state index in [4.69, 9.17) is 16.5 Å². The first-order chi connectivity index (χ1) is 11.4. The first kappa shape index (κ1) is 15.6. The number of halogens is 1. The van der Waals surface area contributed by atoms with Crippen LogP contribution in [0.4, 0.5) is 0 Å². The molecule has 1 unspecified atom stereocenters. The fourth-order valence-corrected chi connectivity index (χ4v) is 2.76. The quantitative estimate of drug-likeness (QED) is 0.617. The van der Waals surface area contributed by atoms with Gasteiger partial charge in [0.1, 0.15) is 11.5 Å². The molecule has 0 aliphatic rings. The second kappa shape index (κ2) is 7.82. The molecule has 0 aliphatic carbocycles. The average molecular weight is 324 g/mol. The van der Waals surface area contributed by atoms with E-state index in [0.717, 1.165) is 17.1 Å². The van der Waals surface area contributed by atoms with Gasteiger partial charge in [0.25, 0.3) is 0 Å². The summed E-state index contributed by atoms with van der Waals surface area (Å²) in [4.78, 5) is 2.77. The standard InChI is InChI=1S/C20H18ClNO/c21-22-15-20(16-8-3-1-4-9-16)17-10-7-13-19(14-17)23-18-11-5-2-6-12-18/h1-14,20,22H,15H2. The highest BCUT2D eigenvalue weighted by atomic mass is 35.5. The summed E-state index contributed by atoms with van der Waals surface area (Å²) in [5.41, 5.74) is 2.38. The van der Waals surface area contributed by atoms with Crippen LogP contribution in [0, 0.1) is 0 Å². The molecule has 0 aromatic heterocycles. The summed E-state index contributed by atoms with van der Waals surface area (Å²) in [6.07, 6.45) is 0. The highest BCUT2D eigenvalue weighted by Crippen LogP contribution is 2.29. The molecule has 1 N–H and O–H groups in total. The summed E-state index contributed by atoms with van der Waals surface area (Å²) < 4.78 is 5.93. The van der Waals surface area contributed by atoms with Crippen LogP contribution in [0.2, 0.25) is 0 Å². The van der Waals surface area contributed by atoms with Crippen LogP contribution in [0.25, 0.3) is 0 Å². The predicted molar refractivity (Wildman–Crippen MR) is 95.1 cm³/mol. The lowest BCUT2D eigenvalue weighted by molar-refractivity contribution is 0.481. The van der Waals surface area contributed by atoms with E-state index in [9.17, 15) is 0 Å². The van der Waals surface area contributed by atoms with Gasteiger partial charge in [-0.2, -0.15) is 0 Å². The number of rotatable bonds is 6. The van der Waals surface area contributed by atoms with E-state index < -0.39 is 0 Å². The first-order valence-corrected chi connectivity index (χ1v) is 7.96. The van der Waals surface area contributed by atoms with E-state index >= 15 is 0 Å². The molecule has 0 aliphatic heterocycles. The number of nitrogens with one attached hydrogen (secondary N) is 1. The molecular formula is C20H18ClNO. The molecular weight excluding hydrogens is 306 g/mol. The lowest BCUT2D eigenvalue weighted by atomic mass is 9.91. The number of para-hydroxylation sites is 1. The molecule has 1 atom stereocenters. The SMILES string of the molecule is ClNCC(c1ccccc1)c1cccc(Oc2ccccc2)c1. The molecule has 116 valence electrons. The molecule has 2 nitrogen and oxygen atoms in total. The molecule has 0 saturated heterocycles. The number of hydrogen-bond acceptors (Lipinski definition) is 2. The zero-order valence-electron chi connectivity index (χ0n) is 12.7. The van der Waals surface area contributed by atoms with Gasteiger partial charge in [-0.05, 0) is 47.2 Å². The third kappa shape index (κ3) is 4.13. The van der Waals surface area contributed by atoms with Crippen LogP contribution in [0.15, 0.2) is 84.9 Å². The normalized spacial score (nSPS) is 11.9. The number of benzene rings is 3. The fourth-order valence-electron chi connectivity index (χ4n) is 2.61. The van der Waals surface area contributed by atoms with Crippen molar-refractivity contribution in [1.82, 2.24) is 4.84 Å². The van der Waals surface area contributed by atoms with Crippen molar-refractivity contribution in [3.8, 4) is 11.5 Å². The Kier molecular flexibility index (Phi) is 5.30. The van der Waals surface area contributed by atoms with Gasteiger partial charge >= 0.3 is 0 Å². The summed E-state index contributed by atoms with van der Waals surface area (Å²) >= 11 is 5.78. The van der Waals surface area contributed by atoms with Gasteiger partial charge in [-0.25, -0.2) is 4.84 Å². The smallest absolute Gasteiger partial charge is 0.127 e. The fraction of sp³-hybridized carbons (Fsp3) is 0.100. The highest BCUT2D eigenvalue weighted by molar-refractivity contribution is 6.13. The average Bonchev–Trinajstić information content (AvgIpc) is 2.61. The van der Waals surface area contributed by atoms with Crippen LogP contribution >= 0.6 is 11.8 Å². The molecule has 3 aromatic rings. The zero-order valence-corrected chi connectivity index (χ0v) is 13.4. The maximum atomic E-state index is 5.93. The van der Waals surface area contributed by atoms with Gasteiger partial charge in [-0.3, -0.25) is 0 Å². The molecule has 23 heavy (non-hydrogen) atoms. The Balaban J connectivity index is 1.87. The van der Waals surface area contributed by atoms with E-state index in [1.807, 2.05) is 60.7 Å². The van der Waals surface area contributed by atoms with Gasteiger partial charge in [-0.1, -0.05) is 60.7 Å². The van der Waals surface area contributed by atoms with E-state index in [-0.39, 0.29) is 5.92 Å². The highest BCUT2D eigenvalue weighted by Gasteiger charge is 2.14. The molecule has 3 rings (SSSR count). The summed E-state index contributed by atoms with van der Waals surface area (Å²) in [6.45, 7) is 0.653. The first-order valence-electron chi connectivity index (χ1n) is 7.58. The molecule has 0 amide bonds. The summed E-state index contributed by atoms with van der Waals surface area (Å²) in [5, 5.41) is 0. The van der Waals surface area contributed by atoms with Gasteiger partial charge in [0.15, 0.2) is 0 Å². The van der Waals surface area contributed by atoms with E-state index in [1.165, 1.54) is 5.56 Å². The topological polar surface area (TPSA) is 21.3 Å². The summed E-state index contributed by atoms with van der Waals surface area (Å²) in [6, 6.07) is 28.3. The monoisotopic (exact) mass is 323 g/mol. The van der Waals surface area contributed by atoms with Crippen LogP contribution in [-0.2, 0) is 0 Å². The molecule has 0 saturated carbocycles. The lowest BCUT2D eigenvalue weighted by Gasteiger charge is -2.18. The minimum absolute atomic E-state index is 0.174. The maximum Gasteiger partial charge on any atom is 0.127 e. The van der Waals surface area contributed by atoms with E-state index in [2.05, 4.69) is 29.1 Å². The molecule has 0 heterocycles. The van der Waals surface area contributed by atoms with E-state index in [1.54, 1.807) is 0 Å². The zero-order chi connectivity index (χ0) is 15.9. The molecule has 0 radical (unpaired) electrons. The van der Waals surface area contributed by atoms with Gasteiger partial charge < -0.3 is 4.74 Å². The van der Waals surface area contributed by atoms with Crippen molar-refractivity contribution >= 4 is 11.8 Å². The predicted octanol–water partition coefficient (Wildman–Crippen LogP) is 5.35. The second-order valence-electron chi connectivity index (χ2n) is 5.29. The molecule has 3 heteroatoms. The maximum absolute atomic E-state index is 5.93. The lowest BCUT2D eigenvalue weighted by Crippen LogP contribution is -2.14. The molecule has 0 spiro atoms. The number of hydrogen-bond donors (Lipinski definition) is 1. The largest absolute Gasteiger partial charge is 0.457 e. The second-order valence-corrected chi connectivity index (χ2v) is 5.56. The summed E-state index contributed by atoms with van der Waals surface area (Å²) in [7, 11) is 0. The van der Waals surface area contributed by atoms with Crippen LogP contribution < -0.4 is 9.57 Å². The van der Waals surface area contributed by atoms with E-state index in [0.29, 0.717) is 6.54 Å². The Bertz CT molecular complexity index is 731. The van der Waals surface area contributed by atoms with Crippen molar-refractivity contribution in [3.05, 3.63) is 96.1 Å². The van der Waals surface area contributed by atoms with Crippen molar-refractivity contribution in [3.63, 3.8) is 0 Å². The Morgan fingerprint density at radius 1 is 0.739 bits per heavy atom. The van der Waals surface area contributed by atoms with Gasteiger partial charge in [0, 0.05) is 12.5 Å². The van der Waals surface area contributed by atoms with Crippen molar-refractivity contribution in [1.29, 1.82) is 0 Å². The minimum atomic E-state index is 0.174. The van der Waals surface area contributed by atoms with Crippen LogP contribution in [0.5, 0.6) is 11.5 Å². The number of ether oxygens (including phenoxy) is 1. The Labute approximate surface area is 141 Å². The molecule has 0 fully saturated rings. The van der Waals surface area contributed by atoms with Crippen molar-refractivity contribution in [2.24, 2.45) is 0 Å². The van der Waals surface area contributed by atoms with Gasteiger partial charge in [0.2, 0.25) is 0 Å². The molecule has 0 bridgehead atoms. The summed E-state index contributed by atoms with van der Waals surface area (Å²) in [5.74, 6) is 1.83. The Morgan fingerprint density at radius 3 is 2.04 bits per heavy atom. The van der Waals surface area contributed by atoms with Crippen LogP contribution in [0.3, 0.4) is 0 Å². The van der Waals surface area contributed by atoms with Crippen LogP contribution in [-0.4, -0.2) is 6.54 Å². The van der Waals surface area contributed by atoms with Gasteiger partial charge in [0.05, 0.1) is 0 Å². The third-order valence-electron chi connectivity index (χ3n) is 3.72. The van der Waals surface area contributed by atoms with Crippen LogP contribution in [0.1, 0.15) is 17.0 Å².